The Morgan fingerprint density at radius 3 is 2.70 bits per heavy atom. The second-order valence-electron chi connectivity index (χ2n) is 4.20. The summed E-state index contributed by atoms with van der Waals surface area (Å²) in [6.07, 6.45) is 2.24. The van der Waals surface area contributed by atoms with E-state index >= 15 is 0 Å². The van der Waals surface area contributed by atoms with Crippen LogP contribution >= 0.6 is 0 Å². The number of hydrogen-bond acceptors (Lipinski definition) is 4. The number of rotatable bonds is 6. The summed E-state index contributed by atoms with van der Waals surface area (Å²) in [5.74, 6) is 5.65. The van der Waals surface area contributed by atoms with Crippen LogP contribution in [0.15, 0.2) is 48.7 Å². The molecule has 0 saturated heterocycles. The molecule has 2 aromatic rings. The quantitative estimate of drug-likeness (QED) is 0.630. The van der Waals surface area contributed by atoms with Crippen LogP contribution in [0.5, 0.6) is 5.75 Å². The van der Waals surface area contributed by atoms with Crippen LogP contribution in [0.25, 0.3) is 0 Å². The van der Waals surface area contributed by atoms with Crippen molar-refractivity contribution >= 4 is 0 Å². The lowest BCUT2D eigenvalue weighted by Crippen LogP contribution is -2.29. The first-order valence-electron chi connectivity index (χ1n) is 6.10. The molecule has 4 nitrogen and oxygen atoms in total. The van der Waals surface area contributed by atoms with Crippen molar-refractivity contribution in [2.45, 2.75) is 19.1 Å². The van der Waals surface area contributed by atoms with Crippen LogP contribution < -0.4 is 16.0 Å². The highest BCUT2D eigenvalue weighted by molar-refractivity contribution is 5.31. The monoisotopic (exact) mass is 279 g/mol. The molecule has 0 spiro atoms. The van der Waals surface area contributed by atoms with Gasteiger partial charge in [0.2, 0.25) is 0 Å². The summed E-state index contributed by atoms with van der Waals surface area (Å²) in [6.45, 7) is -2.84. The molecule has 0 fully saturated rings. The summed E-state index contributed by atoms with van der Waals surface area (Å²) in [5.41, 5.74) is 4.28. The lowest BCUT2D eigenvalue weighted by molar-refractivity contribution is -0.0499. The Bertz CT molecular complexity index is 537. The maximum atomic E-state index is 12.2. The van der Waals surface area contributed by atoms with Crippen molar-refractivity contribution < 1.29 is 13.5 Å². The smallest absolute Gasteiger partial charge is 0.387 e. The minimum Gasteiger partial charge on any atom is -0.435 e. The highest BCUT2D eigenvalue weighted by Gasteiger charge is 2.13. The van der Waals surface area contributed by atoms with E-state index in [0.29, 0.717) is 6.42 Å². The third kappa shape index (κ3) is 3.97. The molecule has 1 aromatic heterocycles. The van der Waals surface area contributed by atoms with Gasteiger partial charge in [-0.15, -0.1) is 0 Å². The summed E-state index contributed by atoms with van der Waals surface area (Å²) < 4.78 is 28.8. The highest BCUT2D eigenvalue weighted by Crippen LogP contribution is 2.22. The fraction of sp³-hybridized carbons (Fsp3) is 0.214. The number of halogens is 2. The number of nitrogens with two attached hydrogens (primary N) is 1. The van der Waals surface area contributed by atoms with E-state index in [-0.39, 0.29) is 11.8 Å². The van der Waals surface area contributed by atoms with E-state index in [1.165, 1.54) is 6.07 Å². The van der Waals surface area contributed by atoms with Crippen molar-refractivity contribution in [1.29, 1.82) is 0 Å². The molecule has 1 atom stereocenters. The Labute approximate surface area is 115 Å². The Morgan fingerprint density at radius 1 is 1.20 bits per heavy atom. The molecule has 0 bridgehead atoms. The molecule has 20 heavy (non-hydrogen) atoms. The van der Waals surface area contributed by atoms with Crippen molar-refractivity contribution in [2.24, 2.45) is 5.84 Å². The summed E-state index contributed by atoms with van der Waals surface area (Å²) in [4.78, 5) is 4.22. The molecule has 6 heteroatoms. The average Bonchev–Trinajstić information content (AvgIpc) is 2.45. The highest BCUT2D eigenvalue weighted by atomic mass is 19.3. The van der Waals surface area contributed by atoms with Gasteiger partial charge in [0.05, 0.1) is 6.04 Å². The second kappa shape index (κ2) is 6.93. The topological polar surface area (TPSA) is 60.2 Å². The molecule has 0 aliphatic rings. The fourth-order valence-electron chi connectivity index (χ4n) is 1.91. The van der Waals surface area contributed by atoms with Crippen molar-refractivity contribution in [3.63, 3.8) is 0 Å². The predicted octanol–water partition coefficient (Wildman–Crippen LogP) is 2.43. The number of alkyl halides is 2. The van der Waals surface area contributed by atoms with Crippen LogP contribution in [0, 0.1) is 0 Å². The van der Waals surface area contributed by atoms with Gasteiger partial charge in [-0.25, -0.2) is 0 Å². The molecule has 0 saturated carbocycles. The minimum atomic E-state index is -2.84. The van der Waals surface area contributed by atoms with E-state index in [1.54, 1.807) is 24.4 Å². The van der Waals surface area contributed by atoms with Crippen LogP contribution in [0.1, 0.15) is 17.3 Å². The zero-order valence-corrected chi connectivity index (χ0v) is 10.7. The van der Waals surface area contributed by atoms with Crippen LogP contribution in [-0.2, 0) is 6.42 Å². The summed E-state index contributed by atoms with van der Waals surface area (Å²) in [7, 11) is 0. The first-order valence-corrected chi connectivity index (χ1v) is 6.10. The van der Waals surface area contributed by atoms with Gasteiger partial charge in [-0.3, -0.25) is 16.3 Å². The lowest BCUT2D eigenvalue weighted by atomic mass is 10.0. The Hall–Kier alpha value is -2.05. The van der Waals surface area contributed by atoms with Crippen molar-refractivity contribution in [3.8, 4) is 5.75 Å². The number of hydrazine groups is 1. The van der Waals surface area contributed by atoms with E-state index in [2.05, 4.69) is 15.1 Å². The molecule has 3 N–H and O–H groups in total. The maximum Gasteiger partial charge on any atom is 0.387 e. The van der Waals surface area contributed by atoms with E-state index < -0.39 is 6.61 Å². The molecular formula is C14H15F2N3O. The average molecular weight is 279 g/mol. The maximum absolute atomic E-state index is 12.2. The number of hydrogen-bond donors (Lipinski definition) is 2. The number of nitrogens with one attached hydrogen (secondary N) is 1. The first kappa shape index (κ1) is 14.4. The van der Waals surface area contributed by atoms with Crippen LogP contribution in [0.4, 0.5) is 8.78 Å². The van der Waals surface area contributed by atoms with E-state index in [1.807, 2.05) is 18.2 Å². The van der Waals surface area contributed by atoms with Gasteiger partial charge in [-0.2, -0.15) is 8.78 Å². The fourth-order valence-corrected chi connectivity index (χ4v) is 1.91. The van der Waals surface area contributed by atoms with E-state index in [9.17, 15) is 8.78 Å². The molecule has 0 aliphatic heterocycles. The third-order valence-electron chi connectivity index (χ3n) is 2.83. The normalized spacial score (nSPS) is 12.4. The molecule has 1 heterocycles. The molecule has 0 amide bonds. The number of pyridine rings is 1. The third-order valence-corrected chi connectivity index (χ3v) is 2.83. The van der Waals surface area contributed by atoms with Gasteiger partial charge in [0.15, 0.2) is 0 Å². The molecule has 2 rings (SSSR count). The van der Waals surface area contributed by atoms with Gasteiger partial charge in [0.25, 0.3) is 0 Å². The zero-order chi connectivity index (χ0) is 14.4. The Balaban J connectivity index is 2.15. The zero-order valence-electron chi connectivity index (χ0n) is 10.7. The van der Waals surface area contributed by atoms with Gasteiger partial charge in [0.1, 0.15) is 5.75 Å². The number of aromatic nitrogens is 1. The molecule has 1 aromatic carbocycles. The van der Waals surface area contributed by atoms with Crippen LogP contribution in [-0.4, -0.2) is 11.6 Å². The SMILES string of the molecule is NNC(Cc1ccccn1)c1cccc(OC(F)F)c1. The molecule has 0 radical (unpaired) electrons. The van der Waals surface area contributed by atoms with E-state index in [0.717, 1.165) is 11.3 Å². The predicted molar refractivity (Wildman–Crippen MR) is 71.1 cm³/mol. The minimum absolute atomic E-state index is 0.110. The number of nitrogens with zero attached hydrogens (tertiary/aromatic N) is 1. The summed E-state index contributed by atoms with van der Waals surface area (Å²) in [6, 6.07) is 11.8. The van der Waals surface area contributed by atoms with Crippen molar-refractivity contribution in [2.75, 3.05) is 0 Å². The molecule has 106 valence electrons. The van der Waals surface area contributed by atoms with Crippen LogP contribution in [0.2, 0.25) is 0 Å². The Morgan fingerprint density at radius 2 is 2.05 bits per heavy atom. The molecule has 0 aliphatic carbocycles. The van der Waals surface area contributed by atoms with Gasteiger partial charge in [-0.05, 0) is 29.8 Å². The van der Waals surface area contributed by atoms with Gasteiger partial charge < -0.3 is 4.74 Å². The lowest BCUT2D eigenvalue weighted by Gasteiger charge is -2.17. The molecular weight excluding hydrogens is 264 g/mol. The van der Waals surface area contributed by atoms with Gasteiger partial charge >= 0.3 is 6.61 Å². The Kier molecular flexibility index (Phi) is 4.97. The van der Waals surface area contributed by atoms with Gasteiger partial charge in [0, 0.05) is 18.3 Å². The number of ether oxygens (including phenoxy) is 1. The standard InChI is InChI=1S/C14H15F2N3O/c15-14(16)20-12-6-3-4-10(8-12)13(19-17)9-11-5-1-2-7-18-11/h1-8,13-14,19H,9,17H2. The summed E-state index contributed by atoms with van der Waals surface area (Å²) in [5, 5.41) is 0. The molecule has 1 unspecified atom stereocenters. The first-order chi connectivity index (χ1) is 9.69. The number of benzene rings is 1. The second-order valence-corrected chi connectivity index (χ2v) is 4.20. The van der Waals surface area contributed by atoms with Crippen molar-refractivity contribution in [3.05, 3.63) is 59.9 Å². The van der Waals surface area contributed by atoms with Gasteiger partial charge in [-0.1, -0.05) is 18.2 Å². The summed E-state index contributed by atoms with van der Waals surface area (Å²) >= 11 is 0. The van der Waals surface area contributed by atoms with Crippen LogP contribution in [0.3, 0.4) is 0 Å². The van der Waals surface area contributed by atoms with Crippen molar-refractivity contribution in [1.82, 2.24) is 10.4 Å². The largest absolute Gasteiger partial charge is 0.435 e. The van der Waals surface area contributed by atoms with E-state index in [4.69, 9.17) is 5.84 Å².